The Hall–Kier alpha value is -1.19. The Balaban J connectivity index is 1.96. The van der Waals surface area contributed by atoms with Crippen molar-refractivity contribution in [1.29, 1.82) is 0 Å². The van der Waals surface area contributed by atoms with Crippen LogP contribution in [-0.2, 0) is 13.1 Å². The maximum absolute atomic E-state index is 12.8. The Morgan fingerprint density at radius 1 is 1.00 bits per heavy atom. The van der Waals surface area contributed by atoms with Crippen LogP contribution in [0.2, 0.25) is 0 Å². The molecule has 0 unspecified atom stereocenters. The van der Waals surface area contributed by atoms with Gasteiger partial charge >= 0.3 is 0 Å². The van der Waals surface area contributed by atoms with Gasteiger partial charge in [-0.05, 0) is 42.4 Å². The number of hydrogen-bond acceptors (Lipinski definition) is 1. The molecular formula is C15H15BrFN. The molecule has 0 bridgehead atoms. The summed E-state index contributed by atoms with van der Waals surface area (Å²) in [5, 5.41) is 0. The monoisotopic (exact) mass is 307 g/mol. The number of hydrogen-bond donors (Lipinski definition) is 0. The van der Waals surface area contributed by atoms with Gasteiger partial charge in [0.25, 0.3) is 0 Å². The van der Waals surface area contributed by atoms with Crippen LogP contribution < -0.4 is 0 Å². The van der Waals surface area contributed by atoms with E-state index < -0.39 is 0 Å². The average Bonchev–Trinajstić information content (AvgIpc) is 2.32. The van der Waals surface area contributed by atoms with E-state index in [4.69, 9.17) is 0 Å². The second-order valence-corrected chi connectivity index (χ2v) is 5.34. The van der Waals surface area contributed by atoms with Gasteiger partial charge < -0.3 is 0 Å². The molecule has 2 aromatic carbocycles. The van der Waals surface area contributed by atoms with E-state index in [9.17, 15) is 4.39 Å². The van der Waals surface area contributed by atoms with Crippen LogP contribution in [0.1, 0.15) is 11.1 Å². The molecule has 2 aromatic rings. The lowest BCUT2D eigenvalue weighted by Gasteiger charge is -2.17. The van der Waals surface area contributed by atoms with Gasteiger partial charge in [-0.1, -0.05) is 40.2 Å². The van der Waals surface area contributed by atoms with Crippen LogP contribution in [0.5, 0.6) is 0 Å². The lowest BCUT2D eigenvalue weighted by Crippen LogP contribution is -2.17. The molecule has 0 atom stereocenters. The van der Waals surface area contributed by atoms with Gasteiger partial charge in [-0.25, -0.2) is 4.39 Å². The van der Waals surface area contributed by atoms with E-state index in [1.54, 1.807) is 0 Å². The summed E-state index contributed by atoms with van der Waals surface area (Å²) in [5.41, 5.74) is 2.38. The molecule has 0 aliphatic carbocycles. The van der Waals surface area contributed by atoms with Crippen LogP contribution in [0.4, 0.5) is 4.39 Å². The Morgan fingerprint density at radius 2 is 1.67 bits per heavy atom. The van der Waals surface area contributed by atoms with Gasteiger partial charge in [0.05, 0.1) is 0 Å². The van der Waals surface area contributed by atoms with E-state index in [1.807, 2.05) is 24.3 Å². The van der Waals surface area contributed by atoms with Gasteiger partial charge in [-0.3, -0.25) is 4.90 Å². The number of rotatable bonds is 4. The summed E-state index contributed by atoms with van der Waals surface area (Å²) in [6.07, 6.45) is 0. The molecule has 0 amide bonds. The molecule has 1 nitrogen and oxygen atoms in total. The highest BCUT2D eigenvalue weighted by atomic mass is 79.9. The quantitative estimate of drug-likeness (QED) is 0.817. The standard InChI is InChI=1S/C15H15BrFN/c1-18(10-12-5-7-15(17)8-6-12)11-13-3-2-4-14(16)9-13/h2-9H,10-11H2,1H3. The molecule has 0 aromatic heterocycles. The molecule has 0 spiro atoms. The molecule has 0 saturated heterocycles. The molecular weight excluding hydrogens is 293 g/mol. The van der Waals surface area contributed by atoms with Crippen molar-refractivity contribution in [2.75, 3.05) is 7.05 Å². The Labute approximate surface area is 115 Å². The minimum Gasteiger partial charge on any atom is -0.298 e. The molecule has 0 saturated carbocycles. The summed E-state index contributed by atoms with van der Waals surface area (Å²) in [5.74, 6) is -0.187. The van der Waals surface area contributed by atoms with Gasteiger partial charge in [0.15, 0.2) is 0 Å². The van der Waals surface area contributed by atoms with Crippen molar-refractivity contribution >= 4 is 15.9 Å². The average molecular weight is 308 g/mol. The molecule has 0 aliphatic rings. The van der Waals surface area contributed by atoms with Crippen LogP contribution >= 0.6 is 15.9 Å². The SMILES string of the molecule is CN(Cc1ccc(F)cc1)Cc1cccc(Br)c1. The number of halogens is 2. The first-order valence-corrected chi connectivity index (χ1v) is 6.60. The summed E-state index contributed by atoms with van der Waals surface area (Å²) >= 11 is 3.47. The third-order valence-corrected chi connectivity index (χ3v) is 3.20. The largest absolute Gasteiger partial charge is 0.298 e. The smallest absolute Gasteiger partial charge is 0.123 e. The summed E-state index contributed by atoms with van der Waals surface area (Å²) in [7, 11) is 2.06. The second-order valence-electron chi connectivity index (χ2n) is 4.43. The lowest BCUT2D eigenvalue weighted by molar-refractivity contribution is 0.319. The predicted molar refractivity (Wildman–Crippen MR) is 75.7 cm³/mol. The minimum absolute atomic E-state index is 0.187. The van der Waals surface area contributed by atoms with E-state index in [2.05, 4.69) is 40.0 Å². The van der Waals surface area contributed by atoms with Crippen LogP contribution in [0.25, 0.3) is 0 Å². The van der Waals surface area contributed by atoms with E-state index in [0.717, 1.165) is 23.1 Å². The normalized spacial score (nSPS) is 10.9. The zero-order valence-electron chi connectivity index (χ0n) is 10.2. The molecule has 0 N–H and O–H groups in total. The van der Waals surface area contributed by atoms with E-state index in [-0.39, 0.29) is 5.82 Å². The summed E-state index contributed by atoms with van der Waals surface area (Å²) < 4.78 is 13.9. The molecule has 0 radical (unpaired) electrons. The maximum Gasteiger partial charge on any atom is 0.123 e. The molecule has 18 heavy (non-hydrogen) atoms. The first-order valence-electron chi connectivity index (χ1n) is 5.81. The highest BCUT2D eigenvalue weighted by molar-refractivity contribution is 9.10. The highest BCUT2D eigenvalue weighted by Gasteiger charge is 2.02. The third-order valence-electron chi connectivity index (χ3n) is 2.71. The van der Waals surface area contributed by atoms with Gasteiger partial charge in [-0.15, -0.1) is 0 Å². The molecule has 3 heteroatoms. The fraction of sp³-hybridized carbons (Fsp3) is 0.200. The fourth-order valence-corrected chi connectivity index (χ4v) is 2.35. The Bertz CT molecular complexity index is 510. The molecule has 94 valence electrons. The van der Waals surface area contributed by atoms with Gasteiger partial charge in [0.2, 0.25) is 0 Å². The van der Waals surface area contributed by atoms with Crippen molar-refractivity contribution in [3.63, 3.8) is 0 Å². The Morgan fingerprint density at radius 3 is 2.33 bits per heavy atom. The molecule has 0 aliphatic heterocycles. The second kappa shape index (κ2) is 6.12. The Kier molecular flexibility index (Phi) is 4.50. The van der Waals surface area contributed by atoms with Crippen molar-refractivity contribution < 1.29 is 4.39 Å². The topological polar surface area (TPSA) is 3.24 Å². The van der Waals surface area contributed by atoms with Gasteiger partial charge in [-0.2, -0.15) is 0 Å². The van der Waals surface area contributed by atoms with Crippen molar-refractivity contribution in [1.82, 2.24) is 4.90 Å². The zero-order chi connectivity index (χ0) is 13.0. The third kappa shape index (κ3) is 3.93. The lowest BCUT2D eigenvalue weighted by atomic mass is 10.2. The summed E-state index contributed by atoms with van der Waals surface area (Å²) in [4.78, 5) is 2.20. The fourth-order valence-electron chi connectivity index (χ4n) is 1.90. The van der Waals surface area contributed by atoms with E-state index in [1.165, 1.54) is 17.7 Å². The van der Waals surface area contributed by atoms with E-state index in [0.29, 0.717) is 0 Å². The first-order chi connectivity index (χ1) is 8.63. The van der Waals surface area contributed by atoms with Crippen molar-refractivity contribution in [2.45, 2.75) is 13.1 Å². The molecule has 0 fully saturated rings. The number of benzene rings is 2. The van der Waals surface area contributed by atoms with Crippen LogP contribution in [0, 0.1) is 5.82 Å². The minimum atomic E-state index is -0.187. The van der Waals surface area contributed by atoms with Crippen LogP contribution in [-0.4, -0.2) is 11.9 Å². The van der Waals surface area contributed by atoms with E-state index >= 15 is 0 Å². The first kappa shape index (κ1) is 13.2. The summed E-state index contributed by atoms with van der Waals surface area (Å²) in [6.45, 7) is 1.68. The predicted octanol–water partition coefficient (Wildman–Crippen LogP) is 4.22. The van der Waals surface area contributed by atoms with Gasteiger partial charge in [0.1, 0.15) is 5.82 Å². The maximum atomic E-state index is 12.8. The van der Waals surface area contributed by atoms with Crippen LogP contribution in [0.15, 0.2) is 53.0 Å². The van der Waals surface area contributed by atoms with Crippen molar-refractivity contribution in [3.8, 4) is 0 Å². The highest BCUT2D eigenvalue weighted by Crippen LogP contribution is 2.14. The molecule has 0 heterocycles. The zero-order valence-corrected chi connectivity index (χ0v) is 11.8. The van der Waals surface area contributed by atoms with Crippen molar-refractivity contribution in [3.05, 3.63) is 69.9 Å². The van der Waals surface area contributed by atoms with Gasteiger partial charge in [0, 0.05) is 17.6 Å². The van der Waals surface area contributed by atoms with Crippen LogP contribution in [0.3, 0.4) is 0 Å². The summed E-state index contributed by atoms with van der Waals surface area (Å²) in [6, 6.07) is 14.9. The van der Waals surface area contributed by atoms with Crippen molar-refractivity contribution in [2.24, 2.45) is 0 Å². The molecule has 2 rings (SSSR count). The number of nitrogens with zero attached hydrogens (tertiary/aromatic N) is 1.